The highest BCUT2D eigenvalue weighted by molar-refractivity contribution is 9.10. The molecule has 1 heteroatoms. The van der Waals surface area contributed by atoms with Gasteiger partial charge in [0.1, 0.15) is 0 Å². The maximum absolute atomic E-state index is 3.67. The van der Waals surface area contributed by atoms with Crippen molar-refractivity contribution in [3.05, 3.63) is 131 Å². The molecule has 6 aromatic carbocycles. The molecule has 172 valence electrons. The van der Waals surface area contributed by atoms with E-state index in [0.717, 1.165) is 4.47 Å². The Hall–Kier alpha value is -3.68. The van der Waals surface area contributed by atoms with Gasteiger partial charge in [0.2, 0.25) is 0 Å². The average molecular weight is 525 g/mol. The maximum atomic E-state index is 3.67. The molecule has 0 fully saturated rings. The number of halogens is 1. The summed E-state index contributed by atoms with van der Waals surface area (Å²) in [6.07, 6.45) is 0. The summed E-state index contributed by atoms with van der Waals surface area (Å²) in [7, 11) is 0. The van der Waals surface area contributed by atoms with Crippen LogP contribution in [-0.2, 0) is 5.41 Å². The van der Waals surface area contributed by atoms with Crippen molar-refractivity contribution < 1.29 is 0 Å². The zero-order chi connectivity index (χ0) is 24.4. The van der Waals surface area contributed by atoms with E-state index in [2.05, 4.69) is 145 Å². The Labute approximate surface area is 220 Å². The first-order valence-electron chi connectivity index (χ1n) is 12.5. The first kappa shape index (κ1) is 21.6. The molecule has 0 spiro atoms. The van der Waals surface area contributed by atoms with Crippen LogP contribution >= 0.6 is 15.9 Å². The third-order valence-electron chi connectivity index (χ3n) is 7.89. The van der Waals surface area contributed by atoms with Gasteiger partial charge in [0.15, 0.2) is 0 Å². The van der Waals surface area contributed by atoms with E-state index in [1.54, 1.807) is 0 Å². The highest BCUT2D eigenvalue weighted by atomic mass is 79.9. The lowest BCUT2D eigenvalue weighted by Gasteiger charge is -2.22. The SMILES string of the molecule is CC1(C)c2cc(Br)ccc2-c2ccc(-c3ccc4cc(-c5ccc6ccccc6c5)ccc4c3)cc21. The summed E-state index contributed by atoms with van der Waals surface area (Å²) in [5.41, 5.74) is 10.5. The van der Waals surface area contributed by atoms with Gasteiger partial charge >= 0.3 is 0 Å². The van der Waals surface area contributed by atoms with Crippen LogP contribution in [0.25, 0.3) is 54.9 Å². The Morgan fingerprint density at radius 1 is 0.444 bits per heavy atom. The Morgan fingerprint density at radius 2 is 0.889 bits per heavy atom. The summed E-state index contributed by atoms with van der Waals surface area (Å²) in [5.74, 6) is 0. The normalized spacial score (nSPS) is 13.6. The summed E-state index contributed by atoms with van der Waals surface area (Å²) < 4.78 is 1.14. The van der Waals surface area contributed by atoms with Gasteiger partial charge in [0.05, 0.1) is 0 Å². The molecule has 0 nitrogen and oxygen atoms in total. The smallest absolute Gasteiger partial charge is 0.0178 e. The fourth-order valence-corrected chi connectivity index (χ4v) is 6.22. The van der Waals surface area contributed by atoms with E-state index >= 15 is 0 Å². The van der Waals surface area contributed by atoms with Gasteiger partial charge in [0.25, 0.3) is 0 Å². The molecule has 0 saturated heterocycles. The summed E-state index contributed by atoms with van der Waals surface area (Å²) >= 11 is 3.67. The van der Waals surface area contributed by atoms with Crippen LogP contribution in [0.5, 0.6) is 0 Å². The molecule has 1 aliphatic carbocycles. The lowest BCUT2D eigenvalue weighted by molar-refractivity contribution is 0.660. The molecule has 0 saturated carbocycles. The molecule has 0 amide bonds. The Morgan fingerprint density at radius 3 is 1.53 bits per heavy atom. The lowest BCUT2D eigenvalue weighted by Crippen LogP contribution is -2.15. The largest absolute Gasteiger partial charge is 0.0616 e. The van der Waals surface area contributed by atoms with E-state index in [4.69, 9.17) is 0 Å². The van der Waals surface area contributed by atoms with Gasteiger partial charge in [-0.1, -0.05) is 109 Å². The van der Waals surface area contributed by atoms with Crippen molar-refractivity contribution in [2.45, 2.75) is 19.3 Å². The molecule has 0 radical (unpaired) electrons. The highest BCUT2D eigenvalue weighted by Gasteiger charge is 2.35. The second-order valence-electron chi connectivity index (χ2n) is 10.4. The van der Waals surface area contributed by atoms with Crippen LogP contribution in [-0.4, -0.2) is 0 Å². The topological polar surface area (TPSA) is 0 Å². The number of hydrogen-bond donors (Lipinski definition) is 0. The van der Waals surface area contributed by atoms with E-state index in [1.807, 2.05) is 0 Å². The second-order valence-corrected chi connectivity index (χ2v) is 11.3. The maximum Gasteiger partial charge on any atom is 0.0178 e. The third kappa shape index (κ3) is 3.34. The first-order chi connectivity index (χ1) is 17.5. The minimum atomic E-state index is -0.0178. The number of benzene rings is 6. The molecule has 0 N–H and O–H groups in total. The van der Waals surface area contributed by atoms with E-state index in [9.17, 15) is 0 Å². The predicted molar refractivity (Wildman–Crippen MR) is 158 cm³/mol. The molecule has 0 aromatic heterocycles. The van der Waals surface area contributed by atoms with Gasteiger partial charge in [-0.15, -0.1) is 0 Å². The minimum Gasteiger partial charge on any atom is -0.0616 e. The van der Waals surface area contributed by atoms with Gasteiger partial charge in [-0.3, -0.25) is 0 Å². The van der Waals surface area contributed by atoms with Crippen LogP contribution in [0, 0.1) is 0 Å². The van der Waals surface area contributed by atoms with Gasteiger partial charge in [-0.05, 0) is 102 Å². The van der Waals surface area contributed by atoms with Gasteiger partial charge in [0, 0.05) is 9.89 Å². The van der Waals surface area contributed by atoms with Crippen LogP contribution in [0.4, 0.5) is 0 Å². The lowest BCUT2D eigenvalue weighted by atomic mass is 9.81. The molecule has 7 rings (SSSR count). The van der Waals surface area contributed by atoms with Crippen molar-refractivity contribution >= 4 is 37.5 Å². The molecule has 36 heavy (non-hydrogen) atoms. The third-order valence-corrected chi connectivity index (χ3v) is 8.39. The monoisotopic (exact) mass is 524 g/mol. The summed E-state index contributed by atoms with van der Waals surface area (Å²) in [6, 6.07) is 42.6. The molecule has 0 heterocycles. The van der Waals surface area contributed by atoms with Gasteiger partial charge in [-0.2, -0.15) is 0 Å². The second kappa shape index (κ2) is 7.91. The number of hydrogen-bond acceptors (Lipinski definition) is 0. The molecule has 1 aliphatic rings. The zero-order valence-electron chi connectivity index (χ0n) is 20.3. The van der Waals surface area contributed by atoms with Crippen LogP contribution in [0.2, 0.25) is 0 Å². The van der Waals surface area contributed by atoms with Crippen molar-refractivity contribution in [1.82, 2.24) is 0 Å². The van der Waals surface area contributed by atoms with E-state index in [-0.39, 0.29) is 5.41 Å². The highest BCUT2D eigenvalue weighted by Crippen LogP contribution is 2.50. The van der Waals surface area contributed by atoms with Crippen molar-refractivity contribution in [3.8, 4) is 33.4 Å². The van der Waals surface area contributed by atoms with Crippen molar-refractivity contribution in [3.63, 3.8) is 0 Å². The van der Waals surface area contributed by atoms with Crippen molar-refractivity contribution in [2.75, 3.05) is 0 Å². The van der Waals surface area contributed by atoms with E-state index in [0.29, 0.717) is 0 Å². The molecule has 6 aromatic rings. The fourth-order valence-electron chi connectivity index (χ4n) is 5.86. The summed E-state index contributed by atoms with van der Waals surface area (Å²) in [5, 5.41) is 5.09. The zero-order valence-corrected chi connectivity index (χ0v) is 21.9. The number of fused-ring (bicyclic) bond motifs is 5. The number of rotatable bonds is 2. The summed E-state index contributed by atoms with van der Waals surface area (Å²) in [6.45, 7) is 4.67. The van der Waals surface area contributed by atoms with Crippen LogP contribution in [0.15, 0.2) is 120 Å². The molecule has 0 atom stereocenters. The van der Waals surface area contributed by atoms with Crippen LogP contribution < -0.4 is 0 Å². The molecular weight excluding hydrogens is 500 g/mol. The molecule has 0 unspecified atom stereocenters. The molecule has 0 bridgehead atoms. The van der Waals surface area contributed by atoms with Crippen LogP contribution in [0.3, 0.4) is 0 Å². The van der Waals surface area contributed by atoms with Gasteiger partial charge < -0.3 is 0 Å². The van der Waals surface area contributed by atoms with E-state index in [1.165, 1.54) is 66.1 Å². The van der Waals surface area contributed by atoms with Crippen molar-refractivity contribution in [2.24, 2.45) is 0 Å². The first-order valence-corrected chi connectivity index (χ1v) is 13.2. The predicted octanol–water partition coefficient (Wildman–Crippen LogP) is 10.4. The van der Waals surface area contributed by atoms with Crippen molar-refractivity contribution in [1.29, 1.82) is 0 Å². The summed E-state index contributed by atoms with van der Waals surface area (Å²) in [4.78, 5) is 0. The van der Waals surface area contributed by atoms with Crippen LogP contribution in [0.1, 0.15) is 25.0 Å². The fraction of sp³-hybridized carbons (Fsp3) is 0.0857. The standard InChI is InChI=1S/C35H25Br/c1-35(2)33-20-29(13-15-31(33)32-16-14-30(36)21-34(32)35)28-12-11-26-18-25(9-10-27(26)19-28)24-8-7-22-5-3-4-6-23(22)17-24/h3-21H,1-2H3. The molecule has 0 aliphatic heterocycles. The Bertz CT molecular complexity index is 1820. The Kier molecular flexibility index (Phi) is 4.75. The Balaban J connectivity index is 1.27. The molecular formula is C35H25Br. The quantitative estimate of drug-likeness (QED) is 0.211. The minimum absolute atomic E-state index is 0.0178. The van der Waals surface area contributed by atoms with E-state index < -0.39 is 0 Å². The average Bonchev–Trinajstić information content (AvgIpc) is 3.13. The van der Waals surface area contributed by atoms with Gasteiger partial charge in [-0.25, -0.2) is 0 Å².